The Morgan fingerprint density at radius 2 is 1.74 bits per heavy atom. The van der Waals surface area contributed by atoms with Gasteiger partial charge in [-0.3, -0.25) is 4.79 Å². The Balaban J connectivity index is 0.000000472. The van der Waals surface area contributed by atoms with Gasteiger partial charge < -0.3 is 24.4 Å². The van der Waals surface area contributed by atoms with Crippen LogP contribution in [0.2, 0.25) is 0 Å². The SMILES string of the molecule is O=C(C[N+]12CCC(CC1)[C@@H](OC(=O)C(Nc1ccccc1)c1cc3ccccc3s1)C2)c1nccs1.O=C([O-])C(F)(F)F. The molecule has 0 saturated carbocycles. The van der Waals surface area contributed by atoms with E-state index in [-0.39, 0.29) is 17.9 Å². The Labute approximate surface area is 253 Å². The molecule has 1 unspecified atom stereocenters. The molecule has 2 bridgehead atoms. The minimum Gasteiger partial charge on any atom is -0.542 e. The standard InChI is InChI=1S/C28H28N3O3S2.C2HF3O2/c32-22(27-29-12-15-35-27)17-31-13-10-19(11-14-31)23(18-31)34-28(33)26(30-21-7-2-1-3-8-21)25-16-20-6-4-5-9-24(20)36-25;3-2(4,5)1(6)7/h1-9,12,15-16,19,23,26,30H,10-11,13-14,17-18H2;(H,6,7)/q+1;/p-1/t19?,23-,26?,31?;/m0./s1. The number of thiazole rings is 1. The second kappa shape index (κ2) is 12.8. The van der Waals surface area contributed by atoms with E-state index in [1.54, 1.807) is 17.5 Å². The van der Waals surface area contributed by atoms with E-state index >= 15 is 0 Å². The number of ether oxygens (including phenoxy) is 1. The number of carboxylic acids is 1. The fraction of sp³-hybridized carbons (Fsp3) is 0.333. The fourth-order valence-electron chi connectivity index (χ4n) is 5.62. The topological polar surface area (TPSA) is 108 Å². The van der Waals surface area contributed by atoms with Gasteiger partial charge in [0.15, 0.2) is 17.2 Å². The second-order valence-corrected chi connectivity index (χ2v) is 12.6. The Bertz CT molecular complexity index is 1540. The van der Waals surface area contributed by atoms with E-state index in [1.165, 1.54) is 11.3 Å². The van der Waals surface area contributed by atoms with Gasteiger partial charge in [-0.15, -0.1) is 22.7 Å². The molecule has 43 heavy (non-hydrogen) atoms. The van der Waals surface area contributed by atoms with E-state index < -0.39 is 18.2 Å². The van der Waals surface area contributed by atoms with Crippen LogP contribution in [-0.4, -0.2) is 65.6 Å². The highest BCUT2D eigenvalue weighted by Gasteiger charge is 2.49. The highest BCUT2D eigenvalue weighted by Crippen LogP contribution is 2.38. The Morgan fingerprint density at radius 3 is 2.37 bits per heavy atom. The summed E-state index contributed by atoms with van der Waals surface area (Å²) in [6.45, 7) is 3.03. The molecule has 2 atom stereocenters. The van der Waals surface area contributed by atoms with E-state index in [4.69, 9.17) is 14.6 Å². The maximum Gasteiger partial charge on any atom is 0.430 e. The summed E-state index contributed by atoms with van der Waals surface area (Å²) >= 11 is 3.01. The van der Waals surface area contributed by atoms with Gasteiger partial charge in [0.2, 0.25) is 5.78 Å². The van der Waals surface area contributed by atoms with Crippen LogP contribution in [0.1, 0.15) is 33.6 Å². The molecule has 3 aliphatic heterocycles. The maximum absolute atomic E-state index is 13.7. The molecule has 0 spiro atoms. The van der Waals surface area contributed by atoms with Crippen LogP contribution in [-0.2, 0) is 14.3 Å². The number of ketones is 1. The first kappa shape index (κ1) is 30.6. The number of carboxylic acid groups (broad SMARTS) is 1. The number of thiophene rings is 1. The molecule has 4 aromatic rings. The number of aliphatic carboxylic acids is 1. The van der Waals surface area contributed by atoms with E-state index in [0.29, 0.717) is 28.5 Å². The quantitative estimate of drug-likeness (QED) is 0.168. The van der Waals surface area contributed by atoms with E-state index in [1.807, 2.05) is 47.8 Å². The maximum atomic E-state index is 13.7. The summed E-state index contributed by atoms with van der Waals surface area (Å²) in [5, 5.41) is 15.7. The van der Waals surface area contributed by atoms with Gasteiger partial charge in [-0.2, -0.15) is 13.2 Å². The van der Waals surface area contributed by atoms with Gasteiger partial charge in [-0.05, 0) is 29.7 Å². The van der Waals surface area contributed by atoms with Crippen LogP contribution in [0, 0.1) is 5.92 Å². The van der Waals surface area contributed by atoms with Gasteiger partial charge in [0.1, 0.15) is 19.1 Å². The predicted octanol–water partition coefficient (Wildman–Crippen LogP) is 4.84. The van der Waals surface area contributed by atoms with Gasteiger partial charge in [-0.25, -0.2) is 9.78 Å². The van der Waals surface area contributed by atoms with Crippen molar-refractivity contribution in [3.8, 4) is 0 Å². The first-order valence-corrected chi connectivity index (χ1v) is 15.3. The summed E-state index contributed by atoms with van der Waals surface area (Å²) in [6, 6.07) is 19.5. The van der Waals surface area contributed by atoms with Crippen LogP contribution in [0.25, 0.3) is 10.1 Å². The third kappa shape index (κ3) is 7.40. The van der Waals surface area contributed by atoms with Crippen molar-refractivity contribution >= 4 is 56.2 Å². The van der Waals surface area contributed by atoms with Crippen LogP contribution in [0.3, 0.4) is 0 Å². The van der Waals surface area contributed by atoms with Crippen molar-refractivity contribution in [2.75, 3.05) is 31.5 Å². The first-order valence-electron chi connectivity index (χ1n) is 13.6. The molecule has 0 aliphatic carbocycles. The highest BCUT2D eigenvalue weighted by molar-refractivity contribution is 7.19. The average molecular weight is 632 g/mol. The monoisotopic (exact) mass is 631 g/mol. The number of carbonyl (C=O) groups is 3. The molecular formula is C30H28F3N3O5S2. The van der Waals surface area contributed by atoms with Crippen LogP contribution < -0.4 is 10.4 Å². The lowest BCUT2D eigenvalue weighted by molar-refractivity contribution is -0.938. The number of alkyl halides is 3. The van der Waals surface area contributed by atoms with Crippen LogP contribution in [0.4, 0.5) is 18.9 Å². The van der Waals surface area contributed by atoms with Gasteiger partial charge in [0.25, 0.3) is 0 Å². The molecule has 2 aromatic heterocycles. The summed E-state index contributed by atoms with van der Waals surface area (Å²) in [6.07, 6.45) is -1.75. The first-order chi connectivity index (χ1) is 20.5. The summed E-state index contributed by atoms with van der Waals surface area (Å²) in [7, 11) is 0. The van der Waals surface area contributed by atoms with Crippen LogP contribution in [0.5, 0.6) is 0 Å². The lowest BCUT2D eigenvalue weighted by Gasteiger charge is -2.51. The number of hydrogen-bond donors (Lipinski definition) is 1. The number of benzene rings is 2. The van der Waals surface area contributed by atoms with Crippen molar-refractivity contribution in [2.24, 2.45) is 5.92 Å². The summed E-state index contributed by atoms with van der Waals surface area (Å²) in [4.78, 5) is 40.5. The van der Waals surface area contributed by atoms with Crippen molar-refractivity contribution < 1.29 is 41.9 Å². The average Bonchev–Trinajstić information content (AvgIpc) is 3.67. The number of anilines is 1. The summed E-state index contributed by atoms with van der Waals surface area (Å²) < 4.78 is 39.7. The number of hydrogen-bond acceptors (Lipinski definition) is 9. The Hall–Kier alpha value is -3.81. The van der Waals surface area contributed by atoms with E-state index in [0.717, 1.165) is 46.6 Å². The largest absolute Gasteiger partial charge is 0.542 e. The smallest absolute Gasteiger partial charge is 0.430 e. The predicted molar refractivity (Wildman–Crippen MR) is 154 cm³/mol. The molecular weight excluding hydrogens is 603 g/mol. The summed E-state index contributed by atoms with van der Waals surface area (Å²) in [5.74, 6) is -2.82. The second-order valence-electron chi connectivity index (χ2n) is 10.6. The molecule has 3 fully saturated rings. The number of rotatable bonds is 8. The minimum atomic E-state index is -5.19. The van der Waals surface area contributed by atoms with E-state index in [9.17, 15) is 22.8 Å². The van der Waals surface area contributed by atoms with Crippen molar-refractivity contribution in [3.63, 3.8) is 0 Å². The van der Waals surface area contributed by atoms with Crippen molar-refractivity contribution in [1.29, 1.82) is 0 Å². The lowest BCUT2D eigenvalue weighted by atomic mass is 9.83. The normalized spacial score (nSPS) is 21.8. The van der Waals surface area contributed by atoms with Crippen LogP contribution >= 0.6 is 22.7 Å². The molecule has 13 heteroatoms. The van der Waals surface area contributed by atoms with E-state index in [2.05, 4.69) is 28.5 Å². The van der Waals surface area contributed by atoms with Gasteiger partial charge >= 0.3 is 12.1 Å². The van der Waals surface area contributed by atoms with Crippen molar-refractivity contribution in [3.05, 3.63) is 82.1 Å². The van der Waals surface area contributed by atoms with Crippen molar-refractivity contribution in [2.45, 2.75) is 31.2 Å². The third-order valence-corrected chi connectivity index (χ3v) is 9.74. The zero-order chi connectivity index (χ0) is 30.6. The number of carbonyl (C=O) groups excluding carboxylic acids is 3. The zero-order valence-electron chi connectivity index (χ0n) is 22.8. The number of halogens is 3. The molecule has 5 heterocycles. The number of piperidine rings is 3. The highest BCUT2D eigenvalue weighted by atomic mass is 32.1. The van der Waals surface area contributed by atoms with Crippen LogP contribution in [0.15, 0.2) is 72.2 Å². The summed E-state index contributed by atoms with van der Waals surface area (Å²) in [5.41, 5.74) is 0.878. The lowest BCUT2D eigenvalue weighted by Crippen LogP contribution is -2.65. The number of quaternary nitrogens is 1. The fourth-order valence-corrected chi connectivity index (χ4v) is 7.29. The number of fused-ring (bicyclic) bond motifs is 4. The molecule has 7 rings (SSSR count). The molecule has 8 nitrogen and oxygen atoms in total. The zero-order valence-corrected chi connectivity index (χ0v) is 24.4. The minimum absolute atomic E-state index is 0.0873. The number of para-hydroxylation sites is 1. The Morgan fingerprint density at radius 1 is 1.07 bits per heavy atom. The van der Waals surface area contributed by atoms with Gasteiger partial charge in [-0.1, -0.05) is 36.4 Å². The number of nitrogens with one attached hydrogen (secondary N) is 1. The van der Waals surface area contributed by atoms with Gasteiger partial charge in [0, 0.05) is 45.6 Å². The Kier molecular flexibility index (Phi) is 9.13. The molecule has 3 aliphatic rings. The molecule has 3 saturated heterocycles. The molecule has 2 aromatic carbocycles. The van der Waals surface area contributed by atoms with Crippen molar-refractivity contribution in [1.82, 2.24) is 4.98 Å². The number of aromatic nitrogens is 1. The number of nitrogens with zero attached hydrogens (tertiary/aromatic N) is 2. The third-order valence-electron chi connectivity index (χ3n) is 7.74. The van der Waals surface area contributed by atoms with Gasteiger partial charge in [0.05, 0.1) is 13.1 Å². The number of Topliss-reactive ketones (excluding diaryl/α,β-unsaturated/α-hetero) is 1. The molecule has 1 N–H and O–H groups in total. The molecule has 0 radical (unpaired) electrons. The molecule has 226 valence electrons. The molecule has 0 amide bonds. The number of esters is 1.